The molecule has 0 radical (unpaired) electrons. The number of hydrogen-bond acceptors (Lipinski definition) is 3. The van der Waals surface area contributed by atoms with Crippen molar-refractivity contribution in [1.29, 1.82) is 0 Å². The third-order valence-electron chi connectivity index (χ3n) is 3.26. The van der Waals surface area contributed by atoms with Gasteiger partial charge in [-0.15, -0.1) is 0 Å². The number of hydrogen-bond donors (Lipinski definition) is 1. The predicted molar refractivity (Wildman–Crippen MR) is 106 cm³/mol. The lowest BCUT2D eigenvalue weighted by Gasteiger charge is -2.22. The van der Waals surface area contributed by atoms with Gasteiger partial charge in [0, 0.05) is 14.3 Å². The highest BCUT2D eigenvalue weighted by molar-refractivity contribution is 14.1. The Labute approximate surface area is 160 Å². The molecule has 0 saturated carbocycles. The molecule has 0 saturated heterocycles. The number of carbonyl (C=O) groups excluding carboxylic acids is 1. The minimum absolute atomic E-state index is 0.329. The fourth-order valence-corrected chi connectivity index (χ4v) is 3.38. The monoisotopic (exact) mass is 478 g/mol. The summed E-state index contributed by atoms with van der Waals surface area (Å²) >= 11 is 8.23. The molecule has 2 aromatic rings. The summed E-state index contributed by atoms with van der Waals surface area (Å²) in [5.41, 5.74) is 1.79. The van der Waals surface area contributed by atoms with E-state index in [2.05, 4.69) is 27.9 Å². The first-order chi connectivity index (χ1) is 11.2. The second-order valence-electron chi connectivity index (χ2n) is 5.26. The Morgan fingerprint density at radius 3 is 2.38 bits per heavy atom. The zero-order valence-corrected chi connectivity index (χ0v) is 16.8. The Kier molecular flexibility index (Phi) is 6.11. The molecular weight excluding hydrogens is 463 g/mol. The number of aryl methyl sites for hydroxylation is 1. The summed E-state index contributed by atoms with van der Waals surface area (Å²) in [4.78, 5) is 12.2. The lowest BCUT2D eigenvalue weighted by atomic mass is 10.2. The van der Waals surface area contributed by atoms with Crippen molar-refractivity contribution in [2.45, 2.75) is 6.92 Å². The van der Waals surface area contributed by atoms with Crippen LogP contribution in [0.25, 0.3) is 0 Å². The van der Waals surface area contributed by atoms with Crippen molar-refractivity contribution in [1.82, 2.24) is 0 Å². The molecule has 0 spiro atoms. The molecule has 0 atom stereocenters. The van der Waals surface area contributed by atoms with Gasteiger partial charge < -0.3 is 5.32 Å². The van der Waals surface area contributed by atoms with E-state index in [0.29, 0.717) is 16.4 Å². The van der Waals surface area contributed by atoms with Gasteiger partial charge in [-0.05, 0) is 71.5 Å². The summed E-state index contributed by atoms with van der Waals surface area (Å²) in [7, 11) is -3.63. The van der Waals surface area contributed by atoms with Gasteiger partial charge in [0.15, 0.2) is 0 Å². The van der Waals surface area contributed by atoms with Crippen LogP contribution in [0.1, 0.15) is 5.56 Å². The molecule has 2 aromatic carbocycles. The number of nitrogens with one attached hydrogen (secondary N) is 1. The molecule has 0 bridgehead atoms. The number of benzene rings is 2. The predicted octanol–water partition coefficient (Wildman–Crippen LogP) is 3.66. The molecule has 0 aliphatic rings. The molecule has 128 valence electrons. The van der Waals surface area contributed by atoms with E-state index in [-0.39, 0.29) is 6.54 Å². The van der Waals surface area contributed by atoms with Gasteiger partial charge in [-0.1, -0.05) is 17.7 Å². The first-order valence-electron chi connectivity index (χ1n) is 6.96. The SMILES string of the molecule is Cc1ccc(N(CC(=O)Nc2ccc(I)cc2)S(C)(=O)=O)cc1Cl. The molecule has 0 unspecified atom stereocenters. The fourth-order valence-electron chi connectivity index (χ4n) is 2.00. The maximum Gasteiger partial charge on any atom is 0.245 e. The van der Waals surface area contributed by atoms with Crippen LogP contribution < -0.4 is 9.62 Å². The normalized spacial score (nSPS) is 11.2. The first kappa shape index (κ1) is 19.0. The van der Waals surface area contributed by atoms with E-state index in [0.717, 1.165) is 19.7 Å². The van der Waals surface area contributed by atoms with Crippen LogP contribution >= 0.6 is 34.2 Å². The number of nitrogens with zero attached hydrogens (tertiary/aromatic N) is 1. The molecule has 0 fully saturated rings. The molecule has 1 amide bonds. The average molecular weight is 479 g/mol. The maximum absolute atomic E-state index is 12.2. The largest absolute Gasteiger partial charge is 0.325 e. The van der Waals surface area contributed by atoms with Crippen LogP contribution in [-0.4, -0.2) is 27.1 Å². The fraction of sp³-hybridized carbons (Fsp3) is 0.188. The molecular formula is C16H16ClIN2O3S. The van der Waals surface area contributed by atoms with Gasteiger partial charge in [0.25, 0.3) is 0 Å². The number of halogens is 2. The molecule has 0 aliphatic carbocycles. The zero-order chi connectivity index (χ0) is 17.9. The van der Waals surface area contributed by atoms with Gasteiger partial charge in [0.05, 0.1) is 11.9 Å². The second-order valence-corrected chi connectivity index (χ2v) is 8.82. The van der Waals surface area contributed by atoms with Crippen molar-refractivity contribution in [3.8, 4) is 0 Å². The molecule has 0 heterocycles. The highest BCUT2D eigenvalue weighted by atomic mass is 127. The molecule has 2 rings (SSSR count). The number of rotatable bonds is 5. The third kappa shape index (κ3) is 5.09. The Morgan fingerprint density at radius 1 is 1.21 bits per heavy atom. The lowest BCUT2D eigenvalue weighted by molar-refractivity contribution is -0.114. The smallest absolute Gasteiger partial charge is 0.245 e. The van der Waals surface area contributed by atoms with Crippen LogP contribution in [0.2, 0.25) is 5.02 Å². The topological polar surface area (TPSA) is 66.5 Å². The maximum atomic E-state index is 12.2. The van der Waals surface area contributed by atoms with E-state index >= 15 is 0 Å². The van der Waals surface area contributed by atoms with Gasteiger partial charge in [0.1, 0.15) is 6.54 Å². The molecule has 0 aromatic heterocycles. The summed E-state index contributed by atoms with van der Waals surface area (Å²) in [6, 6.07) is 12.1. The van der Waals surface area contributed by atoms with Gasteiger partial charge >= 0.3 is 0 Å². The van der Waals surface area contributed by atoms with Crippen LogP contribution in [0.5, 0.6) is 0 Å². The Hall–Kier alpha value is -1.32. The van der Waals surface area contributed by atoms with Crippen LogP contribution in [0.4, 0.5) is 11.4 Å². The number of sulfonamides is 1. The van der Waals surface area contributed by atoms with Crippen LogP contribution in [0, 0.1) is 10.5 Å². The van der Waals surface area contributed by atoms with Crippen LogP contribution in [-0.2, 0) is 14.8 Å². The molecule has 5 nitrogen and oxygen atoms in total. The Bertz CT molecular complexity index is 854. The van der Waals surface area contributed by atoms with Gasteiger partial charge in [-0.3, -0.25) is 9.10 Å². The summed E-state index contributed by atoms with van der Waals surface area (Å²) in [5, 5.41) is 3.13. The zero-order valence-electron chi connectivity index (χ0n) is 13.1. The highest BCUT2D eigenvalue weighted by Gasteiger charge is 2.21. The first-order valence-corrected chi connectivity index (χ1v) is 10.3. The van der Waals surface area contributed by atoms with E-state index in [9.17, 15) is 13.2 Å². The molecule has 1 N–H and O–H groups in total. The Morgan fingerprint density at radius 2 is 1.83 bits per heavy atom. The molecule has 24 heavy (non-hydrogen) atoms. The minimum atomic E-state index is -3.63. The van der Waals surface area contributed by atoms with E-state index < -0.39 is 15.9 Å². The van der Waals surface area contributed by atoms with Gasteiger partial charge in [0.2, 0.25) is 15.9 Å². The van der Waals surface area contributed by atoms with Gasteiger partial charge in [-0.25, -0.2) is 8.42 Å². The minimum Gasteiger partial charge on any atom is -0.325 e. The van der Waals surface area contributed by atoms with Crippen molar-refractivity contribution < 1.29 is 13.2 Å². The van der Waals surface area contributed by atoms with Crippen LogP contribution in [0.15, 0.2) is 42.5 Å². The van der Waals surface area contributed by atoms with Crippen LogP contribution in [0.3, 0.4) is 0 Å². The van der Waals surface area contributed by atoms with E-state index in [4.69, 9.17) is 11.6 Å². The second kappa shape index (κ2) is 7.71. The molecule has 8 heteroatoms. The van der Waals surface area contributed by atoms with E-state index in [1.807, 2.05) is 19.1 Å². The summed E-state index contributed by atoms with van der Waals surface area (Å²) in [6.07, 6.45) is 1.05. The van der Waals surface area contributed by atoms with Crippen molar-refractivity contribution in [2.75, 3.05) is 22.4 Å². The quantitative estimate of drug-likeness (QED) is 0.667. The van der Waals surface area contributed by atoms with Crippen molar-refractivity contribution in [2.24, 2.45) is 0 Å². The average Bonchev–Trinajstić information content (AvgIpc) is 2.49. The number of carbonyl (C=O) groups is 1. The van der Waals surface area contributed by atoms with Crippen molar-refractivity contribution in [3.63, 3.8) is 0 Å². The summed E-state index contributed by atoms with van der Waals surface area (Å²) < 4.78 is 26.2. The van der Waals surface area contributed by atoms with E-state index in [1.165, 1.54) is 6.07 Å². The van der Waals surface area contributed by atoms with Crippen molar-refractivity contribution in [3.05, 3.63) is 56.6 Å². The highest BCUT2D eigenvalue weighted by Crippen LogP contribution is 2.25. The van der Waals surface area contributed by atoms with Gasteiger partial charge in [-0.2, -0.15) is 0 Å². The summed E-state index contributed by atoms with van der Waals surface area (Å²) in [6.45, 7) is 1.49. The molecule has 0 aliphatic heterocycles. The lowest BCUT2D eigenvalue weighted by Crippen LogP contribution is -2.37. The number of amides is 1. The summed E-state index contributed by atoms with van der Waals surface area (Å²) in [5.74, 6) is -0.432. The third-order valence-corrected chi connectivity index (χ3v) is 5.53. The number of anilines is 2. The van der Waals surface area contributed by atoms with Crippen molar-refractivity contribution >= 4 is 61.5 Å². The van der Waals surface area contributed by atoms with E-state index in [1.54, 1.807) is 24.3 Å². The standard InChI is InChI=1S/C16H16ClIN2O3S/c1-11-3-8-14(9-15(11)17)20(24(2,22)23)10-16(21)19-13-6-4-12(18)5-7-13/h3-9H,10H2,1-2H3,(H,19,21). The Balaban J connectivity index is 2.21.